The van der Waals surface area contributed by atoms with E-state index >= 15 is 0 Å². The highest BCUT2D eigenvalue weighted by molar-refractivity contribution is 5.87. The van der Waals surface area contributed by atoms with Crippen LogP contribution in [0.25, 0.3) is 0 Å². The molecule has 0 radical (unpaired) electrons. The molecule has 2 rings (SSSR count). The van der Waals surface area contributed by atoms with Gasteiger partial charge >= 0.3 is 5.97 Å². The first-order valence-electron chi connectivity index (χ1n) is 4.62. The number of aromatic nitrogens is 2. The van der Waals surface area contributed by atoms with Gasteiger partial charge < -0.3 is 9.84 Å². The number of hydrogen-bond donors (Lipinski definition) is 2. The minimum Gasteiger partial charge on any atom is -0.476 e. The number of nitrogens with zero attached hydrogens (tertiary/aromatic N) is 1. The molecule has 1 unspecified atom stereocenters. The normalized spacial score (nSPS) is 21.4. The van der Waals surface area contributed by atoms with Crippen LogP contribution in [0.3, 0.4) is 0 Å². The molecular weight excluding hydrogens is 184 g/mol. The highest BCUT2D eigenvalue weighted by Crippen LogP contribution is 2.26. The molecule has 0 fully saturated rings. The molecule has 5 nitrogen and oxygen atoms in total. The summed E-state index contributed by atoms with van der Waals surface area (Å²) in [6.07, 6.45) is 1.47. The summed E-state index contributed by atoms with van der Waals surface area (Å²) in [5.41, 5.74) is 1.74. The van der Waals surface area contributed by atoms with E-state index in [0.29, 0.717) is 6.61 Å². The number of fused-ring (bicyclic) bond motifs is 1. The first kappa shape index (κ1) is 9.21. The van der Waals surface area contributed by atoms with E-state index < -0.39 is 5.97 Å². The van der Waals surface area contributed by atoms with Crippen LogP contribution in [0.2, 0.25) is 0 Å². The number of ether oxygens (including phenoxy) is 1. The predicted octanol–water partition coefficient (Wildman–Crippen LogP) is 1.13. The van der Waals surface area contributed by atoms with Crippen molar-refractivity contribution in [3.05, 3.63) is 17.0 Å². The molecule has 0 saturated carbocycles. The lowest BCUT2D eigenvalue weighted by atomic mass is 10.1. The van der Waals surface area contributed by atoms with Gasteiger partial charge in [-0.2, -0.15) is 5.10 Å². The third-order valence-corrected chi connectivity index (χ3v) is 2.45. The standard InChI is InChI=1S/C9H12N2O3/c1-5-7-6(3-2-4-14-5)8(9(12)13)11-10-7/h5H,2-4H2,1H3,(H,10,11)(H,12,13). The minimum absolute atomic E-state index is 0.0897. The molecule has 1 aromatic heterocycles. The van der Waals surface area contributed by atoms with Gasteiger partial charge in [0.25, 0.3) is 0 Å². The second-order valence-electron chi connectivity index (χ2n) is 3.39. The Morgan fingerprint density at radius 1 is 1.71 bits per heavy atom. The first-order chi connectivity index (χ1) is 6.70. The van der Waals surface area contributed by atoms with E-state index in [-0.39, 0.29) is 11.8 Å². The largest absolute Gasteiger partial charge is 0.476 e. The molecule has 14 heavy (non-hydrogen) atoms. The molecule has 0 spiro atoms. The van der Waals surface area contributed by atoms with Crippen LogP contribution < -0.4 is 0 Å². The SMILES string of the molecule is CC1OCCCc2c(C(=O)O)n[nH]c21. The number of rotatable bonds is 1. The smallest absolute Gasteiger partial charge is 0.356 e. The molecule has 0 bridgehead atoms. The maximum atomic E-state index is 10.8. The Balaban J connectivity index is 2.44. The van der Waals surface area contributed by atoms with Gasteiger partial charge in [0, 0.05) is 12.2 Å². The highest BCUT2D eigenvalue weighted by atomic mass is 16.5. The van der Waals surface area contributed by atoms with Gasteiger partial charge in [0.15, 0.2) is 5.69 Å². The fourth-order valence-corrected chi connectivity index (χ4v) is 1.74. The monoisotopic (exact) mass is 196 g/mol. The Bertz CT molecular complexity index is 359. The number of aromatic carboxylic acids is 1. The van der Waals surface area contributed by atoms with Gasteiger partial charge in [-0.15, -0.1) is 0 Å². The lowest BCUT2D eigenvalue weighted by Crippen LogP contribution is -2.02. The van der Waals surface area contributed by atoms with Crippen molar-refractivity contribution in [2.24, 2.45) is 0 Å². The van der Waals surface area contributed by atoms with Gasteiger partial charge in [-0.25, -0.2) is 4.79 Å². The zero-order valence-corrected chi connectivity index (χ0v) is 7.91. The topological polar surface area (TPSA) is 75.2 Å². The average molecular weight is 196 g/mol. The van der Waals surface area contributed by atoms with Crippen LogP contribution in [0.4, 0.5) is 0 Å². The van der Waals surface area contributed by atoms with Gasteiger partial charge in [-0.3, -0.25) is 5.10 Å². The maximum Gasteiger partial charge on any atom is 0.356 e. The summed E-state index contributed by atoms with van der Waals surface area (Å²) in [6, 6.07) is 0. The second kappa shape index (κ2) is 3.42. The summed E-state index contributed by atoms with van der Waals surface area (Å²) in [5.74, 6) is -0.975. The lowest BCUT2D eigenvalue weighted by Gasteiger charge is -2.07. The fourth-order valence-electron chi connectivity index (χ4n) is 1.74. The summed E-state index contributed by atoms with van der Waals surface area (Å²) in [6.45, 7) is 2.57. The van der Waals surface area contributed by atoms with Crippen LogP contribution in [0, 0.1) is 0 Å². The van der Waals surface area contributed by atoms with Gasteiger partial charge in [0.05, 0.1) is 11.8 Å². The molecule has 1 aromatic rings. The van der Waals surface area contributed by atoms with Gasteiger partial charge in [-0.1, -0.05) is 0 Å². The molecule has 0 aliphatic carbocycles. The Kier molecular flexibility index (Phi) is 2.25. The quantitative estimate of drug-likeness (QED) is 0.706. The summed E-state index contributed by atoms with van der Waals surface area (Å²) < 4.78 is 5.46. The number of carbonyl (C=O) groups is 1. The molecule has 76 valence electrons. The Morgan fingerprint density at radius 2 is 2.50 bits per heavy atom. The molecule has 1 aliphatic heterocycles. The summed E-state index contributed by atoms with van der Waals surface area (Å²) >= 11 is 0. The highest BCUT2D eigenvalue weighted by Gasteiger charge is 2.24. The number of H-pyrrole nitrogens is 1. The fraction of sp³-hybridized carbons (Fsp3) is 0.556. The van der Waals surface area contributed by atoms with E-state index in [1.54, 1.807) is 0 Å². The zero-order chi connectivity index (χ0) is 10.1. The maximum absolute atomic E-state index is 10.8. The molecule has 2 heterocycles. The van der Waals surface area contributed by atoms with E-state index in [9.17, 15) is 4.79 Å². The molecule has 1 atom stereocenters. The van der Waals surface area contributed by atoms with Gasteiger partial charge in [0.1, 0.15) is 0 Å². The number of hydrogen-bond acceptors (Lipinski definition) is 3. The van der Waals surface area contributed by atoms with Crippen LogP contribution in [-0.2, 0) is 11.2 Å². The van der Waals surface area contributed by atoms with E-state index in [2.05, 4.69) is 10.2 Å². The van der Waals surface area contributed by atoms with Crippen molar-refractivity contribution >= 4 is 5.97 Å². The average Bonchev–Trinajstić information content (AvgIpc) is 2.48. The van der Waals surface area contributed by atoms with Crippen LogP contribution >= 0.6 is 0 Å². The molecular formula is C9H12N2O3. The number of carboxylic acids is 1. The molecule has 0 aromatic carbocycles. The summed E-state index contributed by atoms with van der Waals surface area (Å²) in [7, 11) is 0. The number of nitrogens with one attached hydrogen (secondary N) is 1. The number of aromatic amines is 1. The minimum atomic E-state index is -0.975. The Morgan fingerprint density at radius 3 is 3.21 bits per heavy atom. The van der Waals surface area contributed by atoms with Crippen molar-refractivity contribution in [1.29, 1.82) is 0 Å². The van der Waals surface area contributed by atoms with Crippen LogP contribution in [0.5, 0.6) is 0 Å². The van der Waals surface area contributed by atoms with Crippen molar-refractivity contribution in [3.63, 3.8) is 0 Å². The molecule has 5 heteroatoms. The molecule has 0 saturated heterocycles. The third-order valence-electron chi connectivity index (χ3n) is 2.45. The van der Waals surface area contributed by atoms with Crippen molar-refractivity contribution < 1.29 is 14.6 Å². The van der Waals surface area contributed by atoms with Crippen molar-refractivity contribution in [3.8, 4) is 0 Å². The summed E-state index contributed by atoms with van der Waals surface area (Å²) in [4.78, 5) is 10.8. The lowest BCUT2D eigenvalue weighted by molar-refractivity contribution is 0.0666. The first-order valence-corrected chi connectivity index (χ1v) is 4.62. The van der Waals surface area contributed by atoms with E-state index in [0.717, 1.165) is 24.1 Å². The van der Waals surface area contributed by atoms with Crippen LogP contribution in [0.15, 0.2) is 0 Å². The van der Waals surface area contributed by atoms with Crippen molar-refractivity contribution in [2.75, 3.05) is 6.61 Å². The third kappa shape index (κ3) is 1.39. The Hall–Kier alpha value is -1.36. The predicted molar refractivity (Wildman–Crippen MR) is 48.2 cm³/mol. The molecule has 0 amide bonds. The van der Waals surface area contributed by atoms with E-state index in [1.807, 2.05) is 6.92 Å². The zero-order valence-electron chi connectivity index (χ0n) is 7.91. The van der Waals surface area contributed by atoms with Crippen LogP contribution in [-0.4, -0.2) is 27.9 Å². The van der Waals surface area contributed by atoms with Crippen molar-refractivity contribution in [2.45, 2.75) is 25.9 Å². The van der Waals surface area contributed by atoms with E-state index in [1.165, 1.54) is 0 Å². The van der Waals surface area contributed by atoms with Crippen LogP contribution in [0.1, 0.15) is 41.2 Å². The van der Waals surface area contributed by atoms with E-state index in [4.69, 9.17) is 9.84 Å². The van der Waals surface area contributed by atoms with Crippen molar-refractivity contribution in [1.82, 2.24) is 10.2 Å². The number of carboxylic acid groups (broad SMARTS) is 1. The summed E-state index contributed by atoms with van der Waals surface area (Å²) in [5, 5.41) is 15.4. The van der Waals surface area contributed by atoms with Gasteiger partial charge in [0.2, 0.25) is 0 Å². The molecule has 1 aliphatic rings. The molecule has 2 N–H and O–H groups in total. The Labute approximate surface area is 81.1 Å². The second-order valence-corrected chi connectivity index (χ2v) is 3.39. The van der Waals surface area contributed by atoms with Gasteiger partial charge in [-0.05, 0) is 19.8 Å².